The van der Waals surface area contributed by atoms with Gasteiger partial charge >= 0.3 is 0 Å². The lowest BCUT2D eigenvalue weighted by molar-refractivity contribution is 0.173. The second kappa shape index (κ2) is 5.23. The van der Waals surface area contributed by atoms with E-state index in [4.69, 9.17) is 10.2 Å². The van der Waals surface area contributed by atoms with Crippen LogP contribution in [0.15, 0.2) is 0 Å². The Morgan fingerprint density at radius 1 is 1.24 bits per heavy atom. The lowest BCUT2D eigenvalue weighted by atomic mass is 10.2. The van der Waals surface area contributed by atoms with Crippen molar-refractivity contribution >= 4 is 20.1 Å². The molecule has 0 aliphatic heterocycles. The van der Waals surface area contributed by atoms with E-state index in [1.165, 1.54) is 18.6 Å². The first-order valence-electron chi connectivity index (χ1n) is 6.64. The number of hydrogen-bond acceptors (Lipinski definition) is 3. The largest absolute Gasteiger partial charge is 0.402 e. The molecule has 0 radical (unpaired) electrons. The fourth-order valence-corrected chi connectivity index (χ4v) is 4.77. The van der Waals surface area contributed by atoms with Gasteiger partial charge in [-0.15, -0.1) is 11.8 Å². The molecule has 0 aromatic heterocycles. The first-order chi connectivity index (χ1) is 7.60. The minimum absolute atomic E-state index is 0.189. The molecule has 0 bridgehead atoms. The third-order valence-corrected chi connectivity index (χ3v) is 10.2. The minimum atomic E-state index is -1.71. The first-order valence-corrected chi connectivity index (χ1v) is 10.5. The van der Waals surface area contributed by atoms with E-state index in [9.17, 15) is 0 Å². The number of rotatable bonds is 6. The van der Waals surface area contributed by atoms with Gasteiger partial charge in [-0.1, -0.05) is 20.8 Å². The summed E-state index contributed by atoms with van der Waals surface area (Å²) in [6, 6.07) is 0. The maximum Gasteiger partial charge on any atom is 0.194 e. The van der Waals surface area contributed by atoms with Crippen molar-refractivity contribution in [3.05, 3.63) is 0 Å². The van der Waals surface area contributed by atoms with Gasteiger partial charge in [0.25, 0.3) is 0 Å². The summed E-state index contributed by atoms with van der Waals surface area (Å²) in [4.78, 5) is -0.189. The Labute approximate surface area is 112 Å². The van der Waals surface area contributed by atoms with Crippen molar-refractivity contribution < 1.29 is 4.43 Å². The molecular weight excluding hydrogens is 246 g/mol. The quantitative estimate of drug-likeness (QED) is 0.591. The van der Waals surface area contributed by atoms with Crippen molar-refractivity contribution in [3.8, 4) is 0 Å². The Morgan fingerprint density at radius 2 is 1.76 bits per heavy atom. The molecule has 1 aliphatic carbocycles. The molecule has 0 aromatic carbocycles. The zero-order valence-corrected chi connectivity index (χ0v) is 14.1. The van der Waals surface area contributed by atoms with Crippen LogP contribution in [0.3, 0.4) is 0 Å². The molecule has 0 aromatic rings. The fourth-order valence-electron chi connectivity index (χ4n) is 1.40. The van der Waals surface area contributed by atoms with Crippen LogP contribution < -0.4 is 5.73 Å². The van der Waals surface area contributed by atoms with E-state index in [0.29, 0.717) is 6.54 Å². The SMILES string of the molecule is CC(C)(C)[Si](C)(C)O[C@@](C)(CN)SCC1CC1. The van der Waals surface area contributed by atoms with Gasteiger partial charge in [0.05, 0.1) is 0 Å². The highest BCUT2D eigenvalue weighted by Crippen LogP contribution is 2.43. The molecule has 4 heteroatoms. The Morgan fingerprint density at radius 3 is 2.12 bits per heavy atom. The molecule has 17 heavy (non-hydrogen) atoms. The highest BCUT2D eigenvalue weighted by molar-refractivity contribution is 8.00. The summed E-state index contributed by atoms with van der Waals surface area (Å²) in [6.07, 6.45) is 2.79. The zero-order chi connectivity index (χ0) is 13.3. The van der Waals surface area contributed by atoms with Crippen LogP contribution in [0, 0.1) is 5.92 Å². The van der Waals surface area contributed by atoms with Gasteiger partial charge < -0.3 is 10.2 Å². The minimum Gasteiger partial charge on any atom is -0.402 e. The Bertz CT molecular complexity index is 261. The van der Waals surface area contributed by atoms with Gasteiger partial charge in [0.2, 0.25) is 0 Å². The molecule has 0 amide bonds. The number of nitrogens with two attached hydrogens (primary N) is 1. The Kier molecular flexibility index (Phi) is 4.79. The maximum absolute atomic E-state index is 6.49. The summed E-state index contributed by atoms with van der Waals surface area (Å²) in [6.45, 7) is 14.2. The van der Waals surface area contributed by atoms with Gasteiger partial charge in [-0.2, -0.15) is 0 Å². The van der Waals surface area contributed by atoms with Crippen LogP contribution in [0.1, 0.15) is 40.5 Å². The molecule has 1 saturated carbocycles. The van der Waals surface area contributed by atoms with Crippen LogP contribution >= 0.6 is 11.8 Å². The van der Waals surface area contributed by atoms with E-state index >= 15 is 0 Å². The normalized spacial score (nSPS) is 21.4. The van der Waals surface area contributed by atoms with Crippen molar-refractivity contribution in [2.75, 3.05) is 12.3 Å². The Balaban J connectivity index is 2.59. The van der Waals surface area contributed by atoms with E-state index in [-0.39, 0.29) is 9.97 Å². The summed E-state index contributed by atoms with van der Waals surface area (Å²) in [5.41, 5.74) is 5.94. The lowest BCUT2D eigenvalue weighted by Crippen LogP contribution is -2.50. The summed E-state index contributed by atoms with van der Waals surface area (Å²) in [7, 11) is -1.71. The molecule has 2 nitrogen and oxygen atoms in total. The van der Waals surface area contributed by atoms with E-state index in [0.717, 1.165) is 5.92 Å². The summed E-state index contributed by atoms with van der Waals surface area (Å²) in [5, 5.41) is 0.254. The highest BCUT2D eigenvalue weighted by atomic mass is 32.2. The van der Waals surface area contributed by atoms with Gasteiger partial charge in [-0.3, -0.25) is 0 Å². The van der Waals surface area contributed by atoms with Crippen molar-refractivity contribution in [2.45, 2.75) is 63.6 Å². The Hall–Kier alpha value is 0.487. The van der Waals surface area contributed by atoms with Gasteiger partial charge in [-0.25, -0.2) is 0 Å². The molecule has 102 valence electrons. The van der Waals surface area contributed by atoms with Gasteiger partial charge in [0, 0.05) is 6.54 Å². The van der Waals surface area contributed by atoms with Crippen LogP contribution in [0.25, 0.3) is 0 Å². The first kappa shape index (κ1) is 15.5. The second-order valence-corrected chi connectivity index (χ2v) is 13.2. The third kappa shape index (κ3) is 4.58. The molecular formula is C13H29NOSSi. The van der Waals surface area contributed by atoms with Crippen molar-refractivity contribution in [3.63, 3.8) is 0 Å². The topological polar surface area (TPSA) is 35.2 Å². The van der Waals surface area contributed by atoms with E-state index in [1.807, 2.05) is 11.8 Å². The third-order valence-electron chi connectivity index (χ3n) is 3.97. The fraction of sp³-hybridized carbons (Fsp3) is 1.00. The number of hydrogen-bond donors (Lipinski definition) is 1. The molecule has 0 unspecified atom stereocenters. The van der Waals surface area contributed by atoms with Crippen LogP contribution in [-0.2, 0) is 4.43 Å². The molecule has 2 N–H and O–H groups in total. The van der Waals surface area contributed by atoms with Gasteiger partial charge in [-0.05, 0) is 49.6 Å². The number of thioether (sulfide) groups is 1. The van der Waals surface area contributed by atoms with Gasteiger partial charge in [0.15, 0.2) is 8.32 Å². The summed E-state index contributed by atoms with van der Waals surface area (Å²) >= 11 is 1.92. The van der Waals surface area contributed by atoms with E-state index < -0.39 is 8.32 Å². The predicted molar refractivity (Wildman–Crippen MR) is 80.9 cm³/mol. The molecule has 1 atom stereocenters. The van der Waals surface area contributed by atoms with Crippen LogP contribution in [-0.4, -0.2) is 25.5 Å². The molecule has 0 saturated heterocycles. The van der Waals surface area contributed by atoms with Crippen molar-refractivity contribution in [1.29, 1.82) is 0 Å². The molecule has 1 fully saturated rings. The van der Waals surface area contributed by atoms with Crippen LogP contribution in [0.5, 0.6) is 0 Å². The second-order valence-electron chi connectivity index (χ2n) is 6.95. The van der Waals surface area contributed by atoms with Gasteiger partial charge in [0.1, 0.15) is 4.93 Å². The van der Waals surface area contributed by atoms with Crippen LogP contribution in [0.4, 0.5) is 0 Å². The average Bonchev–Trinajstić information content (AvgIpc) is 2.96. The summed E-state index contributed by atoms with van der Waals surface area (Å²) in [5.74, 6) is 2.14. The smallest absolute Gasteiger partial charge is 0.194 e. The van der Waals surface area contributed by atoms with Crippen molar-refractivity contribution in [1.82, 2.24) is 0 Å². The van der Waals surface area contributed by atoms with Crippen molar-refractivity contribution in [2.24, 2.45) is 11.7 Å². The average molecular weight is 276 g/mol. The molecule has 0 spiro atoms. The maximum atomic E-state index is 6.49. The molecule has 1 aliphatic rings. The molecule has 1 rings (SSSR count). The van der Waals surface area contributed by atoms with E-state index in [1.54, 1.807) is 0 Å². The lowest BCUT2D eigenvalue weighted by Gasteiger charge is -2.43. The zero-order valence-electron chi connectivity index (χ0n) is 12.3. The summed E-state index contributed by atoms with van der Waals surface area (Å²) < 4.78 is 6.49. The highest BCUT2D eigenvalue weighted by Gasteiger charge is 2.43. The van der Waals surface area contributed by atoms with E-state index in [2.05, 4.69) is 40.8 Å². The van der Waals surface area contributed by atoms with Crippen LogP contribution in [0.2, 0.25) is 18.1 Å². The standard InChI is InChI=1S/C13H29NOSSi/c1-12(2,3)17(5,6)15-13(4,10-14)16-9-11-7-8-11/h11H,7-10,14H2,1-6H3/t13-/m1/s1. The molecule has 0 heterocycles. The monoisotopic (exact) mass is 275 g/mol. The predicted octanol–water partition coefficient (Wildman–Crippen LogP) is 3.83.